The van der Waals surface area contributed by atoms with E-state index >= 15 is 0 Å². The summed E-state index contributed by atoms with van der Waals surface area (Å²) in [5.74, 6) is 0.642. The van der Waals surface area contributed by atoms with Crippen molar-refractivity contribution in [3.8, 4) is 33.8 Å². The van der Waals surface area contributed by atoms with Crippen molar-refractivity contribution in [2.45, 2.75) is 0 Å². The van der Waals surface area contributed by atoms with E-state index in [1.54, 1.807) is 0 Å². The van der Waals surface area contributed by atoms with Gasteiger partial charge in [-0.1, -0.05) is 127 Å². The van der Waals surface area contributed by atoms with E-state index in [1.165, 1.54) is 5.56 Å². The lowest BCUT2D eigenvalue weighted by Crippen LogP contribution is -2.10. The second-order valence-corrected chi connectivity index (χ2v) is 11.8. The van der Waals surface area contributed by atoms with Crippen LogP contribution in [0, 0.1) is 0 Å². The Hall–Kier alpha value is -6.52. The van der Waals surface area contributed by atoms with Crippen LogP contribution in [-0.2, 0) is 0 Å². The van der Waals surface area contributed by atoms with Crippen LogP contribution in [-0.4, -0.2) is 9.97 Å². The van der Waals surface area contributed by atoms with Crippen molar-refractivity contribution in [1.29, 1.82) is 0 Å². The summed E-state index contributed by atoms with van der Waals surface area (Å²) < 4.78 is 6.57. The lowest BCUT2D eigenvalue weighted by atomic mass is 10.0. The third kappa shape index (κ3) is 4.88. The van der Waals surface area contributed by atoms with Gasteiger partial charge >= 0.3 is 0 Å². The summed E-state index contributed by atoms with van der Waals surface area (Å²) in [6.45, 7) is 0. The largest absolute Gasteiger partial charge is 0.456 e. The van der Waals surface area contributed by atoms with E-state index in [1.807, 2.05) is 54.6 Å². The molecule has 0 radical (unpaired) electrons. The van der Waals surface area contributed by atoms with Crippen LogP contribution in [0.15, 0.2) is 180 Å². The van der Waals surface area contributed by atoms with Gasteiger partial charge in [-0.3, -0.25) is 0 Å². The zero-order valence-electron chi connectivity index (χ0n) is 26.0. The molecule has 2 heterocycles. The highest BCUT2D eigenvalue weighted by atomic mass is 16.3. The van der Waals surface area contributed by atoms with Crippen molar-refractivity contribution in [2.75, 3.05) is 4.90 Å². The maximum Gasteiger partial charge on any atom is 0.160 e. The minimum absolute atomic E-state index is 0.642. The maximum atomic E-state index is 6.57. The van der Waals surface area contributed by atoms with Crippen LogP contribution < -0.4 is 4.90 Å². The standard InChI is InChI=1S/C44H29N3O/c1-4-14-30(15-5-1)31-24-26-35(27-25-31)47(34-18-8-3-9-19-34)39-28-33(29-41-42(39)37-21-11-13-23-40(37)48-41)44-45-38-22-12-10-20-36(38)43(46-44)32-16-6-2-7-17-32/h1-29H. The van der Waals surface area contributed by atoms with Crippen molar-refractivity contribution >= 4 is 49.9 Å². The predicted octanol–water partition coefficient (Wildman–Crippen LogP) is 12.0. The molecular weight excluding hydrogens is 587 g/mol. The fourth-order valence-corrected chi connectivity index (χ4v) is 6.60. The normalized spacial score (nSPS) is 11.3. The first-order chi connectivity index (χ1) is 23.8. The molecule has 0 N–H and O–H groups in total. The number of benzene rings is 7. The Balaban J connectivity index is 1.31. The predicted molar refractivity (Wildman–Crippen MR) is 198 cm³/mol. The molecular formula is C44H29N3O. The molecule has 9 rings (SSSR count). The van der Waals surface area contributed by atoms with E-state index in [0.717, 1.165) is 72.3 Å². The molecule has 0 aliphatic carbocycles. The maximum absolute atomic E-state index is 6.57. The fraction of sp³-hybridized carbons (Fsp3) is 0. The van der Waals surface area contributed by atoms with Crippen LogP contribution in [0.1, 0.15) is 0 Å². The van der Waals surface area contributed by atoms with Crippen molar-refractivity contribution in [3.63, 3.8) is 0 Å². The molecule has 9 aromatic rings. The smallest absolute Gasteiger partial charge is 0.160 e. The van der Waals surface area contributed by atoms with Gasteiger partial charge < -0.3 is 9.32 Å². The quantitative estimate of drug-likeness (QED) is 0.187. The van der Waals surface area contributed by atoms with E-state index < -0.39 is 0 Å². The molecule has 0 fully saturated rings. The van der Waals surface area contributed by atoms with Crippen molar-refractivity contribution in [1.82, 2.24) is 9.97 Å². The zero-order valence-corrected chi connectivity index (χ0v) is 26.0. The van der Waals surface area contributed by atoms with E-state index in [0.29, 0.717) is 5.82 Å². The van der Waals surface area contributed by atoms with Crippen LogP contribution >= 0.6 is 0 Å². The highest BCUT2D eigenvalue weighted by Crippen LogP contribution is 2.45. The van der Waals surface area contributed by atoms with Gasteiger partial charge in [0.05, 0.1) is 22.3 Å². The van der Waals surface area contributed by atoms with Crippen LogP contribution in [0.3, 0.4) is 0 Å². The lowest BCUT2D eigenvalue weighted by molar-refractivity contribution is 0.669. The van der Waals surface area contributed by atoms with Gasteiger partial charge in [0, 0.05) is 33.3 Å². The Morgan fingerprint density at radius 1 is 0.417 bits per heavy atom. The molecule has 0 saturated carbocycles. The van der Waals surface area contributed by atoms with Gasteiger partial charge in [0.15, 0.2) is 5.82 Å². The fourth-order valence-electron chi connectivity index (χ4n) is 6.60. The molecule has 0 saturated heterocycles. The number of furan rings is 1. The Morgan fingerprint density at radius 3 is 1.75 bits per heavy atom. The number of anilines is 3. The van der Waals surface area contributed by atoms with Gasteiger partial charge in [0.1, 0.15) is 11.2 Å². The number of hydrogen-bond donors (Lipinski definition) is 0. The Labute approximate surface area is 278 Å². The average molecular weight is 616 g/mol. The Morgan fingerprint density at radius 2 is 1.00 bits per heavy atom. The van der Waals surface area contributed by atoms with Crippen molar-refractivity contribution in [2.24, 2.45) is 0 Å². The van der Waals surface area contributed by atoms with Gasteiger partial charge in [-0.15, -0.1) is 0 Å². The van der Waals surface area contributed by atoms with Gasteiger partial charge in [-0.2, -0.15) is 0 Å². The summed E-state index contributed by atoms with van der Waals surface area (Å²) in [5, 5.41) is 3.11. The minimum atomic E-state index is 0.642. The third-order valence-corrected chi connectivity index (χ3v) is 8.85. The lowest BCUT2D eigenvalue weighted by Gasteiger charge is -2.27. The summed E-state index contributed by atoms with van der Waals surface area (Å²) in [6.07, 6.45) is 0. The first kappa shape index (κ1) is 27.8. The van der Waals surface area contributed by atoms with Gasteiger partial charge in [-0.05, 0) is 59.7 Å². The SMILES string of the molecule is c1ccc(-c2ccc(N(c3ccccc3)c3cc(-c4nc(-c5ccccc5)c5ccccc5n4)cc4oc5ccccc5c34)cc2)cc1. The monoisotopic (exact) mass is 615 g/mol. The molecule has 0 aliphatic rings. The number of rotatable bonds is 6. The highest BCUT2D eigenvalue weighted by molar-refractivity contribution is 6.14. The molecule has 2 aromatic heterocycles. The second kappa shape index (κ2) is 11.7. The summed E-state index contributed by atoms with van der Waals surface area (Å²) in [4.78, 5) is 12.6. The van der Waals surface area contributed by atoms with Crippen LogP contribution in [0.25, 0.3) is 66.6 Å². The summed E-state index contributed by atoms with van der Waals surface area (Å²) in [7, 11) is 0. The first-order valence-electron chi connectivity index (χ1n) is 16.1. The third-order valence-electron chi connectivity index (χ3n) is 8.85. The first-order valence-corrected chi connectivity index (χ1v) is 16.1. The van der Waals surface area contributed by atoms with Crippen LogP contribution in [0.5, 0.6) is 0 Å². The zero-order chi connectivity index (χ0) is 31.9. The Kier molecular flexibility index (Phi) is 6.76. The second-order valence-electron chi connectivity index (χ2n) is 11.8. The summed E-state index contributed by atoms with van der Waals surface area (Å²) in [6, 6.07) is 60.8. The van der Waals surface area contributed by atoms with Crippen molar-refractivity contribution < 1.29 is 4.42 Å². The van der Waals surface area contributed by atoms with Crippen molar-refractivity contribution in [3.05, 3.63) is 176 Å². The molecule has 226 valence electrons. The van der Waals surface area contributed by atoms with Crippen LogP contribution in [0.2, 0.25) is 0 Å². The summed E-state index contributed by atoms with van der Waals surface area (Å²) in [5.41, 5.74) is 10.7. The minimum Gasteiger partial charge on any atom is -0.456 e. The molecule has 0 aliphatic heterocycles. The van der Waals surface area contributed by atoms with Gasteiger partial charge in [0.25, 0.3) is 0 Å². The molecule has 0 bridgehead atoms. The molecule has 4 heteroatoms. The van der Waals surface area contributed by atoms with Gasteiger partial charge in [-0.25, -0.2) is 9.97 Å². The van der Waals surface area contributed by atoms with E-state index in [9.17, 15) is 0 Å². The number of hydrogen-bond acceptors (Lipinski definition) is 4. The number of fused-ring (bicyclic) bond motifs is 4. The molecule has 7 aromatic carbocycles. The molecule has 0 amide bonds. The Bertz CT molecular complexity index is 2540. The van der Waals surface area contributed by atoms with E-state index in [-0.39, 0.29) is 0 Å². The summed E-state index contributed by atoms with van der Waals surface area (Å²) >= 11 is 0. The topological polar surface area (TPSA) is 42.2 Å². The van der Waals surface area contributed by atoms with Gasteiger partial charge in [0.2, 0.25) is 0 Å². The molecule has 0 spiro atoms. The molecule has 0 atom stereocenters. The van der Waals surface area contributed by atoms with Crippen LogP contribution in [0.4, 0.5) is 17.1 Å². The highest BCUT2D eigenvalue weighted by Gasteiger charge is 2.22. The number of para-hydroxylation sites is 3. The number of aromatic nitrogens is 2. The molecule has 4 nitrogen and oxygen atoms in total. The average Bonchev–Trinajstić information content (AvgIpc) is 3.55. The van der Waals surface area contributed by atoms with E-state index in [4.69, 9.17) is 14.4 Å². The molecule has 0 unspecified atom stereocenters. The molecule has 48 heavy (non-hydrogen) atoms. The van der Waals surface area contributed by atoms with E-state index in [2.05, 4.69) is 126 Å². The number of nitrogens with zero attached hydrogens (tertiary/aromatic N) is 3.